The van der Waals surface area contributed by atoms with Crippen molar-refractivity contribution in [3.63, 3.8) is 0 Å². The van der Waals surface area contributed by atoms with Gasteiger partial charge in [0.15, 0.2) is 0 Å². The number of thiophene rings is 1. The van der Waals surface area contributed by atoms with Crippen LogP contribution in [-0.4, -0.2) is 23.7 Å². The lowest BCUT2D eigenvalue weighted by Gasteiger charge is -2.06. The van der Waals surface area contributed by atoms with Gasteiger partial charge < -0.3 is 10.4 Å². The molecule has 0 saturated heterocycles. The Kier molecular flexibility index (Phi) is 3.66. The topological polar surface area (TPSA) is 49.3 Å². The first kappa shape index (κ1) is 11.2. The van der Waals surface area contributed by atoms with Crippen LogP contribution in [0.15, 0.2) is 5.38 Å². The Morgan fingerprint density at radius 3 is 2.71 bits per heavy atom. The van der Waals surface area contributed by atoms with Gasteiger partial charge >= 0.3 is 0 Å². The summed E-state index contributed by atoms with van der Waals surface area (Å²) in [6.45, 7) is 5.87. The normalized spacial score (nSPS) is 12.6. The fourth-order valence-electron chi connectivity index (χ4n) is 1.07. The monoisotopic (exact) mass is 213 g/mol. The summed E-state index contributed by atoms with van der Waals surface area (Å²) < 4.78 is 0. The molecule has 1 unspecified atom stereocenters. The van der Waals surface area contributed by atoms with Crippen LogP contribution in [0.4, 0.5) is 0 Å². The van der Waals surface area contributed by atoms with E-state index in [-0.39, 0.29) is 5.91 Å². The zero-order valence-corrected chi connectivity index (χ0v) is 9.44. The van der Waals surface area contributed by atoms with Gasteiger partial charge in [-0.1, -0.05) is 0 Å². The summed E-state index contributed by atoms with van der Waals surface area (Å²) in [4.78, 5) is 12.7. The van der Waals surface area contributed by atoms with Gasteiger partial charge in [-0.2, -0.15) is 0 Å². The van der Waals surface area contributed by atoms with Crippen LogP contribution >= 0.6 is 11.3 Å². The van der Waals surface area contributed by atoms with E-state index < -0.39 is 6.10 Å². The smallest absolute Gasteiger partial charge is 0.252 e. The van der Waals surface area contributed by atoms with Gasteiger partial charge in [0.05, 0.1) is 11.7 Å². The van der Waals surface area contributed by atoms with E-state index in [0.29, 0.717) is 12.1 Å². The van der Waals surface area contributed by atoms with Crippen molar-refractivity contribution in [2.45, 2.75) is 26.9 Å². The average Bonchev–Trinajstić information content (AvgIpc) is 2.44. The van der Waals surface area contributed by atoms with Crippen molar-refractivity contribution >= 4 is 17.2 Å². The maximum atomic E-state index is 11.6. The maximum absolute atomic E-state index is 11.6. The Bertz CT molecular complexity index is 331. The summed E-state index contributed by atoms with van der Waals surface area (Å²) in [7, 11) is 0. The van der Waals surface area contributed by atoms with Gasteiger partial charge in [0.2, 0.25) is 0 Å². The fourth-order valence-corrected chi connectivity index (χ4v) is 1.94. The molecule has 1 rings (SSSR count). The molecule has 0 fully saturated rings. The molecule has 0 aromatic carbocycles. The number of rotatable bonds is 3. The van der Waals surface area contributed by atoms with Gasteiger partial charge in [0.1, 0.15) is 0 Å². The van der Waals surface area contributed by atoms with E-state index in [1.807, 2.05) is 19.2 Å². The Hall–Kier alpha value is -0.870. The van der Waals surface area contributed by atoms with Gasteiger partial charge in [-0.25, -0.2) is 0 Å². The minimum Gasteiger partial charge on any atom is -0.392 e. The molecule has 4 heteroatoms. The first-order valence-corrected chi connectivity index (χ1v) is 5.41. The SMILES string of the molecule is Cc1scc(C(=O)NCC(C)O)c1C. The molecule has 0 saturated carbocycles. The molecule has 3 nitrogen and oxygen atoms in total. The number of carbonyl (C=O) groups is 1. The summed E-state index contributed by atoms with van der Waals surface area (Å²) in [5.41, 5.74) is 1.74. The molecular weight excluding hydrogens is 198 g/mol. The van der Waals surface area contributed by atoms with Crippen molar-refractivity contribution < 1.29 is 9.90 Å². The van der Waals surface area contributed by atoms with Gasteiger partial charge in [0, 0.05) is 16.8 Å². The largest absolute Gasteiger partial charge is 0.392 e. The first-order chi connectivity index (χ1) is 6.52. The highest BCUT2D eigenvalue weighted by Gasteiger charge is 2.12. The number of nitrogens with one attached hydrogen (secondary N) is 1. The third-order valence-corrected chi connectivity index (χ3v) is 3.10. The molecular formula is C10H15NO2S. The molecule has 0 aliphatic rings. The van der Waals surface area contributed by atoms with Crippen molar-refractivity contribution in [2.24, 2.45) is 0 Å². The Morgan fingerprint density at radius 2 is 2.29 bits per heavy atom. The van der Waals surface area contributed by atoms with Crippen LogP contribution in [0.2, 0.25) is 0 Å². The molecule has 0 aliphatic carbocycles. The maximum Gasteiger partial charge on any atom is 0.252 e. The summed E-state index contributed by atoms with van der Waals surface area (Å²) in [5, 5.41) is 13.5. The number of carbonyl (C=O) groups excluding carboxylic acids is 1. The molecule has 0 bridgehead atoms. The van der Waals surface area contributed by atoms with E-state index >= 15 is 0 Å². The van der Waals surface area contributed by atoms with Crippen LogP contribution in [-0.2, 0) is 0 Å². The van der Waals surface area contributed by atoms with Crippen LogP contribution < -0.4 is 5.32 Å². The summed E-state index contributed by atoms with van der Waals surface area (Å²) in [5.74, 6) is -0.104. The highest BCUT2D eigenvalue weighted by molar-refractivity contribution is 7.10. The zero-order chi connectivity index (χ0) is 10.7. The van der Waals surface area contributed by atoms with Crippen LogP contribution in [0.5, 0.6) is 0 Å². The quantitative estimate of drug-likeness (QED) is 0.799. The minimum atomic E-state index is -0.501. The minimum absolute atomic E-state index is 0.104. The lowest BCUT2D eigenvalue weighted by Crippen LogP contribution is -2.30. The predicted molar refractivity (Wildman–Crippen MR) is 57.8 cm³/mol. The molecule has 1 atom stereocenters. The van der Waals surface area contributed by atoms with Crippen LogP contribution in [0.3, 0.4) is 0 Å². The summed E-state index contributed by atoms with van der Waals surface area (Å²) in [6.07, 6.45) is -0.501. The Balaban J connectivity index is 2.66. The van der Waals surface area contributed by atoms with E-state index in [9.17, 15) is 4.79 Å². The first-order valence-electron chi connectivity index (χ1n) is 4.53. The Morgan fingerprint density at radius 1 is 1.64 bits per heavy atom. The highest BCUT2D eigenvalue weighted by atomic mass is 32.1. The molecule has 0 radical (unpaired) electrons. The second-order valence-electron chi connectivity index (χ2n) is 3.39. The van der Waals surface area contributed by atoms with Gasteiger partial charge in [-0.15, -0.1) is 11.3 Å². The number of aryl methyl sites for hydroxylation is 1. The summed E-state index contributed by atoms with van der Waals surface area (Å²) in [6, 6.07) is 0. The molecule has 0 aliphatic heterocycles. The van der Waals surface area contributed by atoms with E-state index in [0.717, 1.165) is 10.4 Å². The number of aliphatic hydroxyl groups excluding tert-OH is 1. The fraction of sp³-hybridized carbons (Fsp3) is 0.500. The second kappa shape index (κ2) is 4.57. The van der Waals surface area contributed by atoms with Crippen LogP contribution in [0, 0.1) is 13.8 Å². The van der Waals surface area contributed by atoms with Crippen molar-refractivity contribution in [2.75, 3.05) is 6.54 Å². The zero-order valence-electron chi connectivity index (χ0n) is 8.63. The predicted octanol–water partition coefficient (Wildman–Crippen LogP) is 1.48. The third-order valence-electron chi connectivity index (χ3n) is 2.09. The third kappa shape index (κ3) is 2.56. The van der Waals surface area contributed by atoms with E-state index in [1.165, 1.54) is 0 Å². The average molecular weight is 213 g/mol. The van der Waals surface area contributed by atoms with Crippen molar-refractivity contribution in [3.8, 4) is 0 Å². The molecule has 78 valence electrons. The molecule has 1 amide bonds. The van der Waals surface area contributed by atoms with Crippen LogP contribution in [0.1, 0.15) is 27.7 Å². The lowest BCUT2D eigenvalue weighted by atomic mass is 10.1. The number of amides is 1. The molecule has 2 N–H and O–H groups in total. The standard InChI is InChI=1S/C10H15NO2S/c1-6(12)4-11-10(13)9-5-14-8(3)7(9)2/h5-6,12H,4H2,1-3H3,(H,11,13). The van der Waals surface area contributed by atoms with Crippen molar-refractivity contribution in [1.82, 2.24) is 5.32 Å². The van der Waals surface area contributed by atoms with Crippen molar-refractivity contribution in [1.29, 1.82) is 0 Å². The molecule has 1 aromatic rings. The van der Waals surface area contributed by atoms with Gasteiger partial charge in [-0.05, 0) is 26.3 Å². The van der Waals surface area contributed by atoms with Gasteiger partial charge in [0.25, 0.3) is 5.91 Å². The second-order valence-corrected chi connectivity index (χ2v) is 4.47. The van der Waals surface area contributed by atoms with E-state index in [4.69, 9.17) is 5.11 Å². The van der Waals surface area contributed by atoms with Crippen LogP contribution in [0.25, 0.3) is 0 Å². The number of aliphatic hydroxyl groups is 1. The molecule has 14 heavy (non-hydrogen) atoms. The van der Waals surface area contributed by atoms with E-state index in [2.05, 4.69) is 5.32 Å². The lowest BCUT2D eigenvalue weighted by molar-refractivity contribution is 0.0924. The molecule has 1 heterocycles. The molecule has 1 aromatic heterocycles. The van der Waals surface area contributed by atoms with E-state index in [1.54, 1.807) is 18.3 Å². The molecule has 0 spiro atoms. The number of hydrogen-bond acceptors (Lipinski definition) is 3. The van der Waals surface area contributed by atoms with Crippen molar-refractivity contribution in [3.05, 3.63) is 21.4 Å². The highest BCUT2D eigenvalue weighted by Crippen LogP contribution is 2.20. The Labute approximate surface area is 87.8 Å². The summed E-state index contributed by atoms with van der Waals surface area (Å²) >= 11 is 1.57. The number of hydrogen-bond donors (Lipinski definition) is 2. The van der Waals surface area contributed by atoms with Gasteiger partial charge in [-0.3, -0.25) is 4.79 Å².